The Hall–Kier alpha value is -2.28. The molecule has 2 aromatic rings. The molecule has 7 heteroatoms. The van der Waals surface area contributed by atoms with E-state index in [-0.39, 0.29) is 23.7 Å². The SMILES string of the molecule is Cc1nc(-c2ccc(F)cc2)sc1C(C)NC(=O)C1CCC(=O)N1. The van der Waals surface area contributed by atoms with Gasteiger partial charge in [-0.05, 0) is 44.5 Å². The lowest BCUT2D eigenvalue weighted by Crippen LogP contribution is -2.42. The van der Waals surface area contributed by atoms with Crippen LogP contribution >= 0.6 is 11.3 Å². The molecule has 1 aliphatic heterocycles. The van der Waals surface area contributed by atoms with Crippen LogP contribution in [0.2, 0.25) is 0 Å². The summed E-state index contributed by atoms with van der Waals surface area (Å²) in [5.74, 6) is -0.550. The second-order valence-corrected chi connectivity index (χ2v) is 6.90. The van der Waals surface area contributed by atoms with Gasteiger partial charge in [-0.25, -0.2) is 9.37 Å². The summed E-state index contributed by atoms with van der Waals surface area (Å²) in [5.41, 5.74) is 1.68. The van der Waals surface area contributed by atoms with Crippen molar-refractivity contribution in [2.24, 2.45) is 0 Å². The average molecular weight is 347 g/mol. The molecular weight excluding hydrogens is 329 g/mol. The number of halogens is 1. The van der Waals surface area contributed by atoms with Gasteiger partial charge in [-0.15, -0.1) is 11.3 Å². The molecule has 5 nitrogen and oxygen atoms in total. The summed E-state index contributed by atoms with van der Waals surface area (Å²) in [7, 11) is 0. The summed E-state index contributed by atoms with van der Waals surface area (Å²) in [6.07, 6.45) is 0.917. The van der Waals surface area contributed by atoms with E-state index < -0.39 is 6.04 Å². The van der Waals surface area contributed by atoms with Crippen molar-refractivity contribution in [3.63, 3.8) is 0 Å². The quantitative estimate of drug-likeness (QED) is 0.893. The van der Waals surface area contributed by atoms with Crippen molar-refractivity contribution in [3.05, 3.63) is 40.7 Å². The fourth-order valence-electron chi connectivity index (χ4n) is 2.72. The van der Waals surface area contributed by atoms with E-state index in [1.165, 1.54) is 23.5 Å². The maximum Gasteiger partial charge on any atom is 0.243 e. The third kappa shape index (κ3) is 3.46. The minimum atomic E-state index is -0.454. The van der Waals surface area contributed by atoms with E-state index in [4.69, 9.17) is 0 Å². The Morgan fingerprint density at radius 3 is 2.75 bits per heavy atom. The van der Waals surface area contributed by atoms with Gasteiger partial charge in [0.2, 0.25) is 11.8 Å². The fraction of sp³-hybridized carbons (Fsp3) is 0.353. The van der Waals surface area contributed by atoms with Crippen molar-refractivity contribution in [3.8, 4) is 10.6 Å². The van der Waals surface area contributed by atoms with Crippen molar-refractivity contribution in [2.45, 2.75) is 38.8 Å². The van der Waals surface area contributed by atoms with Gasteiger partial charge in [0, 0.05) is 12.0 Å². The zero-order valence-electron chi connectivity index (χ0n) is 13.4. The highest BCUT2D eigenvalue weighted by Crippen LogP contribution is 2.32. The molecule has 24 heavy (non-hydrogen) atoms. The number of rotatable bonds is 4. The van der Waals surface area contributed by atoms with E-state index in [0.717, 1.165) is 21.1 Å². The van der Waals surface area contributed by atoms with Crippen LogP contribution in [0.25, 0.3) is 10.6 Å². The van der Waals surface area contributed by atoms with E-state index in [9.17, 15) is 14.0 Å². The van der Waals surface area contributed by atoms with Gasteiger partial charge in [-0.2, -0.15) is 0 Å². The molecule has 0 bridgehead atoms. The van der Waals surface area contributed by atoms with Gasteiger partial charge in [0.15, 0.2) is 0 Å². The van der Waals surface area contributed by atoms with Crippen LogP contribution in [0.1, 0.15) is 36.4 Å². The molecule has 2 heterocycles. The fourth-order valence-corrected chi connectivity index (χ4v) is 3.79. The van der Waals surface area contributed by atoms with E-state index in [1.807, 2.05) is 13.8 Å². The first kappa shape index (κ1) is 16.6. The predicted molar refractivity (Wildman–Crippen MR) is 90.0 cm³/mol. The van der Waals surface area contributed by atoms with Gasteiger partial charge < -0.3 is 10.6 Å². The van der Waals surface area contributed by atoms with E-state index >= 15 is 0 Å². The molecule has 126 valence electrons. The molecule has 2 unspecified atom stereocenters. The zero-order chi connectivity index (χ0) is 17.3. The summed E-state index contributed by atoms with van der Waals surface area (Å²) < 4.78 is 13.0. The Balaban J connectivity index is 1.73. The van der Waals surface area contributed by atoms with Gasteiger partial charge in [0.05, 0.1) is 16.6 Å². The lowest BCUT2D eigenvalue weighted by molar-refractivity contribution is -0.126. The Morgan fingerprint density at radius 1 is 1.42 bits per heavy atom. The van der Waals surface area contributed by atoms with Crippen LogP contribution in [0.4, 0.5) is 4.39 Å². The van der Waals surface area contributed by atoms with E-state index in [0.29, 0.717) is 12.8 Å². The first-order valence-electron chi connectivity index (χ1n) is 7.77. The van der Waals surface area contributed by atoms with Gasteiger partial charge >= 0.3 is 0 Å². The largest absolute Gasteiger partial charge is 0.347 e. The van der Waals surface area contributed by atoms with E-state index in [2.05, 4.69) is 15.6 Å². The molecule has 0 saturated carbocycles. The average Bonchev–Trinajstić information content (AvgIpc) is 3.14. The maximum absolute atomic E-state index is 13.0. The summed E-state index contributed by atoms with van der Waals surface area (Å²) in [6, 6.07) is 5.52. The molecule has 1 fully saturated rings. The van der Waals surface area contributed by atoms with Crippen molar-refractivity contribution >= 4 is 23.2 Å². The number of benzene rings is 1. The van der Waals surface area contributed by atoms with Gasteiger partial charge in [0.1, 0.15) is 16.9 Å². The summed E-state index contributed by atoms with van der Waals surface area (Å²) in [4.78, 5) is 28.9. The first-order valence-corrected chi connectivity index (χ1v) is 8.58. The number of thiazole rings is 1. The third-order valence-electron chi connectivity index (χ3n) is 3.99. The Bertz CT molecular complexity index is 773. The number of nitrogens with one attached hydrogen (secondary N) is 2. The third-order valence-corrected chi connectivity index (χ3v) is 5.38. The number of aryl methyl sites for hydroxylation is 1. The minimum Gasteiger partial charge on any atom is -0.347 e. The van der Waals surface area contributed by atoms with Crippen LogP contribution in [-0.4, -0.2) is 22.8 Å². The number of nitrogens with zero attached hydrogens (tertiary/aromatic N) is 1. The van der Waals surface area contributed by atoms with Crippen LogP contribution in [0.3, 0.4) is 0 Å². The second-order valence-electron chi connectivity index (χ2n) is 5.86. The van der Waals surface area contributed by atoms with Gasteiger partial charge in [-0.1, -0.05) is 0 Å². The minimum absolute atomic E-state index is 0.0876. The predicted octanol–water partition coefficient (Wildman–Crippen LogP) is 2.71. The number of aromatic nitrogens is 1. The van der Waals surface area contributed by atoms with Crippen LogP contribution < -0.4 is 10.6 Å². The van der Waals surface area contributed by atoms with Gasteiger partial charge in [0.25, 0.3) is 0 Å². The molecular formula is C17H18FN3O2S. The molecule has 0 spiro atoms. The molecule has 1 saturated heterocycles. The molecule has 1 aromatic carbocycles. The number of amides is 2. The molecule has 2 atom stereocenters. The number of hydrogen-bond donors (Lipinski definition) is 2. The van der Waals surface area contributed by atoms with Crippen molar-refractivity contribution < 1.29 is 14.0 Å². The standard InChI is InChI=1S/C17H18FN3O2S/c1-9(19-16(23)13-7-8-14(22)21-13)15-10(2)20-17(24-15)11-3-5-12(18)6-4-11/h3-6,9,13H,7-8H2,1-2H3,(H,19,23)(H,21,22). The normalized spacial score (nSPS) is 18.3. The Labute approximate surface area is 143 Å². The van der Waals surface area contributed by atoms with Crippen LogP contribution in [0, 0.1) is 12.7 Å². The molecule has 1 aromatic heterocycles. The van der Waals surface area contributed by atoms with Crippen molar-refractivity contribution in [2.75, 3.05) is 0 Å². The smallest absolute Gasteiger partial charge is 0.243 e. The summed E-state index contributed by atoms with van der Waals surface area (Å²) in [6.45, 7) is 3.78. The summed E-state index contributed by atoms with van der Waals surface area (Å²) in [5, 5.41) is 6.38. The number of hydrogen-bond acceptors (Lipinski definition) is 4. The molecule has 1 aliphatic rings. The topological polar surface area (TPSA) is 71.1 Å². The second kappa shape index (κ2) is 6.68. The van der Waals surface area contributed by atoms with Crippen LogP contribution in [-0.2, 0) is 9.59 Å². The highest BCUT2D eigenvalue weighted by atomic mass is 32.1. The zero-order valence-corrected chi connectivity index (χ0v) is 14.2. The highest BCUT2D eigenvalue weighted by molar-refractivity contribution is 7.15. The maximum atomic E-state index is 13.0. The summed E-state index contributed by atoms with van der Waals surface area (Å²) >= 11 is 1.48. The molecule has 0 radical (unpaired) electrons. The molecule has 2 N–H and O–H groups in total. The lowest BCUT2D eigenvalue weighted by atomic mass is 10.2. The number of carbonyl (C=O) groups is 2. The molecule has 2 amide bonds. The first-order chi connectivity index (χ1) is 11.4. The van der Waals surface area contributed by atoms with Crippen LogP contribution in [0.15, 0.2) is 24.3 Å². The molecule has 3 rings (SSSR count). The lowest BCUT2D eigenvalue weighted by Gasteiger charge is -2.16. The Kier molecular flexibility index (Phi) is 4.62. The van der Waals surface area contributed by atoms with Gasteiger partial charge in [-0.3, -0.25) is 9.59 Å². The van der Waals surface area contributed by atoms with Crippen molar-refractivity contribution in [1.82, 2.24) is 15.6 Å². The van der Waals surface area contributed by atoms with Crippen molar-refractivity contribution in [1.29, 1.82) is 0 Å². The van der Waals surface area contributed by atoms with E-state index in [1.54, 1.807) is 12.1 Å². The monoisotopic (exact) mass is 347 g/mol. The number of carbonyl (C=O) groups excluding carboxylic acids is 2. The Morgan fingerprint density at radius 2 is 2.12 bits per heavy atom. The molecule has 0 aliphatic carbocycles. The highest BCUT2D eigenvalue weighted by Gasteiger charge is 2.28. The van der Waals surface area contributed by atoms with Crippen LogP contribution in [0.5, 0.6) is 0 Å².